The van der Waals surface area contributed by atoms with Crippen LogP contribution in [0.15, 0.2) is 54.6 Å². The van der Waals surface area contributed by atoms with Gasteiger partial charge in [0.1, 0.15) is 0 Å². The average Bonchev–Trinajstić information content (AvgIpc) is 2.52. The van der Waals surface area contributed by atoms with E-state index in [0.717, 1.165) is 37.1 Å². The zero-order valence-electron chi connectivity index (χ0n) is 13.0. The predicted molar refractivity (Wildman–Crippen MR) is 88.4 cm³/mol. The predicted octanol–water partition coefficient (Wildman–Crippen LogP) is 3.59. The molecule has 0 aliphatic heterocycles. The van der Waals surface area contributed by atoms with Crippen molar-refractivity contribution >= 4 is 0 Å². The van der Waals surface area contributed by atoms with Crippen LogP contribution in [-0.2, 0) is 6.42 Å². The van der Waals surface area contributed by atoms with Crippen LogP contribution in [0.3, 0.4) is 0 Å². The SMILES string of the molecule is Cc1ccccc1C(O)CCN(C)CCc1ccccc1. The highest BCUT2D eigenvalue weighted by molar-refractivity contribution is 5.27. The third kappa shape index (κ3) is 5.00. The summed E-state index contributed by atoms with van der Waals surface area (Å²) >= 11 is 0. The van der Waals surface area contributed by atoms with Gasteiger partial charge in [-0.05, 0) is 43.5 Å². The quantitative estimate of drug-likeness (QED) is 0.839. The van der Waals surface area contributed by atoms with E-state index in [-0.39, 0.29) is 6.10 Å². The van der Waals surface area contributed by atoms with Crippen molar-refractivity contribution in [3.05, 3.63) is 71.3 Å². The molecule has 0 aromatic heterocycles. The minimum Gasteiger partial charge on any atom is -0.388 e. The number of rotatable bonds is 7. The van der Waals surface area contributed by atoms with E-state index in [1.165, 1.54) is 5.56 Å². The van der Waals surface area contributed by atoms with Gasteiger partial charge in [0, 0.05) is 13.1 Å². The summed E-state index contributed by atoms with van der Waals surface area (Å²) in [5.74, 6) is 0. The van der Waals surface area contributed by atoms with Gasteiger partial charge in [-0.25, -0.2) is 0 Å². The molecular weight excluding hydrogens is 258 g/mol. The zero-order chi connectivity index (χ0) is 15.1. The molecule has 21 heavy (non-hydrogen) atoms. The van der Waals surface area contributed by atoms with E-state index in [1.807, 2.05) is 24.3 Å². The Hall–Kier alpha value is -1.64. The molecule has 2 aromatic carbocycles. The first kappa shape index (κ1) is 15.7. The summed E-state index contributed by atoms with van der Waals surface area (Å²) in [5, 5.41) is 10.3. The summed E-state index contributed by atoms with van der Waals surface area (Å²) < 4.78 is 0. The molecule has 0 heterocycles. The second kappa shape index (κ2) is 7.96. The standard InChI is InChI=1S/C19H25NO/c1-16-8-6-7-11-18(16)19(21)13-15-20(2)14-12-17-9-4-3-5-10-17/h3-11,19,21H,12-15H2,1-2H3. The van der Waals surface area contributed by atoms with Crippen LogP contribution in [0.4, 0.5) is 0 Å². The summed E-state index contributed by atoms with van der Waals surface area (Å²) in [7, 11) is 2.12. The molecule has 0 saturated heterocycles. The molecule has 0 spiro atoms. The first-order valence-electron chi connectivity index (χ1n) is 7.63. The van der Waals surface area contributed by atoms with Crippen molar-refractivity contribution in [2.45, 2.75) is 25.9 Å². The molecule has 0 fully saturated rings. The lowest BCUT2D eigenvalue weighted by Crippen LogP contribution is -2.24. The molecule has 0 saturated carbocycles. The lowest BCUT2D eigenvalue weighted by Gasteiger charge is -2.20. The summed E-state index contributed by atoms with van der Waals surface area (Å²) in [6.45, 7) is 3.98. The normalized spacial score (nSPS) is 12.6. The summed E-state index contributed by atoms with van der Waals surface area (Å²) in [4.78, 5) is 2.29. The molecule has 0 aliphatic rings. The highest BCUT2D eigenvalue weighted by Crippen LogP contribution is 2.20. The number of aliphatic hydroxyl groups is 1. The van der Waals surface area contributed by atoms with Gasteiger partial charge in [0.05, 0.1) is 6.10 Å². The van der Waals surface area contributed by atoms with Gasteiger partial charge in [-0.15, -0.1) is 0 Å². The van der Waals surface area contributed by atoms with E-state index in [9.17, 15) is 5.11 Å². The van der Waals surface area contributed by atoms with E-state index in [4.69, 9.17) is 0 Å². The van der Waals surface area contributed by atoms with Crippen LogP contribution in [0.25, 0.3) is 0 Å². The van der Waals surface area contributed by atoms with E-state index >= 15 is 0 Å². The van der Waals surface area contributed by atoms with Gasteiger partial charge in [-0.1, -0.05) is 54.6 Å². The molecule has 2 heteroatoms. The third-order valence-corrected chi connectivity index (χ3v) is 3.96. The number of nitrogens with zero attached hydrogens (tertiary/aromatic N) is 1. The van der Waals surface area contributed by atoms with Crippen LogP contribution in [0.1, 0.15) is 29.2 Å². The van der Waals surface area contributed by atoms with E-state index in [0.29, 0.717) is 0 Å². The molecule has 0 amide bonds. The number of benzene rings is 2. The molecule has 0 bridgehead atoms. The van der Waals surface area contributed by atoms with Crippen molar-refractivity contribution < 1.29 is 5.11 Å². The maximum Gasteiger partial charge on any atom is 0.0804 e. The molecule has 2 aromatic rings. The summed E-state index contributed by atoms with van der Waals surface area (Å²) in [6, 6.07) is 18.6. The lowest BCUT2D eigenvalue weighted by atomic mass is 10.0. The highest BCUT2D eigenvalue weighted by atomic mass is 16.3. The maximum absolute atomic E-state index is 10.3. The Kier molecular flexibility index (Phi) is 5.97. The molecular formula is C19H25NO. The van der Waals surface area contributed by atoms with Gasteiger partial charge in [0.25, 0.3) is 0 Å². The fraction of sp³-hybridized carbons (Fsp3) is 0.368. The Bertz CT molecular complexity index is 538. The van der Waals surface area contributed by atoms with Gasteiger partial charge in [-0.2, -0.15) is 0 Å². The Morgan fingerprint density at radius 2 is 1.62 bits per heavy atom. The van der Waals surface area contributed by atoms with Crippen LogP contribution in [0.5, 0.6) is 0 Å². The van der Waals surface area contributed by atoms with E-state index in [2.05, 4.69) is 49.2 Å². The second-order valence-corrected chi connectivity index (χ2v) is 5.70. The second-order valence-electron chi connectivity index (χ2n) is 5.70. The van der Waals surface area contributed by atoms with Crippen LogP contribution in [-0.4, -0.2) is 30.1 Å². The van der Waals surface area contributed by atoms with Crippen LogP contribution >= 0.6 is 0 Å². The molecule has 112 valence electrons. The summed E-state index contributed by atoms with van der Waals surface area (Å²) in [6.07, 6.45) is 1.46. The zero-order valence-corrected chi connectivity index (χ0v) is 13.0. The summed E-state index contributed by atoms with van der Waals surface area (Å²) in [5.41, 5.74) is 3.58. The number of hydrogen-bond donors (Lipinski definition) is 1. The van der Waals surface area contributed by atoms with Crippen LogP contribution < -0.4 is 0 Å². The molecule has 0 radical (unpaired) electrons. The molecule has 2 rings (SSSR count). The lowest BCUT2D eigenvalue weighted by molar-refractivity contribution is 0.149. The van der Waals surface area contributed by atoms with Crippen LogP contribution in [0.2, 0.25) is 0 Å². The fourth-order valence-electron chi connectivity index (χ4n) is 2.54. The van der Waals surface area contributed by atoms with Crippen molar-refractivity contribution in [1.29, 1.82) is 0 Å². The first-order valence-corrected chi connectivity index (χ1v) is 7.63. The maximum atomic E-state index is 10.3. The van der Waals surface area contributed by atoms with Crippen LogP contribution in [0, 0.1) is 6.92 Å². The molecule has 1 atom stereocenters. The van der Waals surface area contributed by atoms with E-state index < -0.39 is 0 Å². The van der Waals surface area contributed by atoms with Crippen molar-refractivity contribution in [2.24, 2.45) is 0 Å². The Morgan fingerprint density at radius 3 is 2.33 bits per heavy atom. The number of aryl methyl sites for hydroxylation is 1. The largest absolute Gasteiger partial charge is 0.388 e. The molecule has 0 aliphatic carbocycles. The average molecular weight is 283 g/mol. The highest BCUT2D eigenvalue weighted by Gasteiger charge is 2.10. The van der Waals surface area contributed by atoms with Crippen molar-refractivity contribution in [1.82, 2.24) is 4.90 Å². The number of likely N-dealkylation sites (N-methyl/N-ethyl adjacent to an activating group) is 1. The minimum atomic E-state index is -0.370. The smallest absolute Gasteiger partial charge is 0.0804 e. The fourth-order valence-corrected chi connectivity index (χ4v) is 2.54. The topological polar surface area (TPSA) is 23.5 Å². The number of aliphatic hydroxyl groups excluding tert-OH is 1. The van der Waals surface area contributed by atoms with Gasteiger partial charge >= 0.3 is 0 Å². The third-order valence-electron chi connectivity index (χ3n) is 3.96. The first-order chi connectivity index (χ1) is 10.2. The molecule has 1 unspecified atom stereocenters. The van der Waals surface area contributed by atoms with E-state index in [1.54, 1.807) is 0 Å². The Balaban J connectivity index is 1.76. The van der Waals surface area contributed by atoms with Gasteiger partial charge in [-0.3, -0.25) is 0 Å². The van der Waals surface area contributed by atoms with Gasteiger partial charge in [0.15, 0.2) is 0 Å². The van der Waals surface area contributed by atoms with Crippen molar-refractivity contribution in [3.63, 3.8) is 0 Å². The van der Waals surface area contributed by atoms with Gasteiger partial charge in [0.2, 0.25) is 0 Å². The van der Waals surface area contributed by atoms with Crippen molar-refractivity contribution in [3.8, 4) is 0 Å². The Labute approximate surface area is 128 Å². The number of hydrogen-bond acceptors (Lipinski definition) is 2. The van der Waals surface area contributed by atoms with Crippen molar-refractivity contribution in [2.75, 3.05) is 20.1 Å². The Morgan fingerprint density at radius 1 is 0.952 bits per heavy atom. The molecule has 2 nitrogen and oxygen atoms in total. The minimum absolute atomic E-state index is 0.370. The molecule has 1 N–H and O–H groups in total. The monoisotopic (exact) mass is 283 g/mol. The van der Waals surface area contributed by atoms with Gasteiger partial charge < -0.3 is 10.0 Å².